The van der Waals surface area contributed by atoms with Gasteiger partial charge in [-0.1, -0.05) is 39.8 Å². The first kappa shape index (κ1) is 16.1. The fourth-order valence-corrected chi connectivity index (χ4v) is 0.175. The fraction of sp³-hybridized carbons (Fsp3) is 0.556. The van der Waals surface area contributed by atoms with Crippen LogP contribution >= 0.6 is 0 Å². The third-order valence-electron chi connectivity index (χ3n) is 0.415. The average Bonchev–Trinajstić information content (AvgIpc) is 2.08. The standard InChI is InChI=1S/C5H9N.2C2H6/c1-2-3-4-5-6;2*1-2/h2-5H,6H2,1H3;2*1-2H3/b3-2-,5-4-;;. The van der Waals surface area contributed by atoms with Crippen LogP contribution in [0.5, 0.6) is 0 Å². The van der Waals surface area contributed by atoms with Crippen molar-refractivity contribution in [1.29, 1.82) is 0 Å². The molecule has 62 valence electrons. The highest BCUT2D eigenvalue weighted by Crippen LogP contribution is 1.67. The molecule has 0 aliphatic heterocycles. The Morgan fingerprint density at radius 1 is 0.900 bits per heavy atom. The maximum Gasteiger partial charge on any atom is -0.00625 e. The molecule has 2 N–H and O–H groups in total. The highest BCUT2D eigenvalue weighted by molar-refractivity contribution is 4.98. The lowest BCUT2D eigenvalue weighted by atomic mass is 10.5. The van der Waals surface area contributed by atoms with Gasteiger partial charge in [-0.25, -0.2) is 0 Å². The summed E-state index contributed by atoms with van der Waals surface area (Å²) in [6.45, 7) is 9.94. The second-order valence-corrected chi connectivity index (χ2v) is 0.911. The minimum absolute atomic E-state index is 1.50. The van der Waals surface area contributed by atoms with Gasteiger partial charge in [0, 0.05) is 0 Å². The van der Waals surface area contributed by atoms with Crippen molar-refractivity contribution >= 4 is 0 Å². The summed E-state index contributed by atoms with van der Waals surface area (Å²) in [6.07, 6.45) is 7.07. The van der Waals surface area contributed by atoms with Crippen molar-refractivity contribution in [2.24, 2.45) is 5.73 Å². The molecule has 0 fully saturated rings. The van der Waals surface area contributed by atoms with E-state index in [2.05, 4.69) is 0 Å². The Morgan fingerprint density at radius 3 is 1.40 bits per heavy atom. The molecule has 0 aromatic carbocycles. The molecule has 0 unspecified atom stereocenters. The van der Waals surface area contributed by atoms with Gasteiger partial charge in [-0.3, -0.25) is 0 Å². The Bertz CT molecular complexity index is 53.1. The summed E-state index contributed by atoms with van der Waals surface area (Å²) >= 11 is 0. The Labute approximate surface area is 65.6 Å². The molecule has 0 amide bonds. The van der Waals surface area contributed by atoms with E-state index < -0.39 is 0 Å². The fourth-order valence-electron chi connectivity index (χ4n) is 0.175. The largest absolute Gasteiger partial charge is 0.405 e. The van der Waals surface area contributed by atoms with Gasteiger partial charge in [-0.05, 0) is 19.2 Å². The summed E-state index contributed by atoms with van der Waals surface area (Å²) < 4.78 is 0. The van der Waals surface area contributed by atoms with Gasteiger partial charge in [0.1, 0.15) is 0 Å². The second-order valence-electron chi connectivity index (χ2n) is 0.911. The maximum absolute atomic E-state index is 4.98. The third-order valence-corrected chi connectivity index (χ3v) is 0.415. The molecular weight excluding hydrogens is 122 g/mol. The molecular formula is C9H21N. The van der Waals surface area contributed by atoms with Crippen molar-refractivity contribution in [3.05, 3.63) is 24.4 Å². The molecule has 1 heteroatoms. The van der Waals surface area contributed by atoms with Crippen molar-refractivity contribution in [2.45, 2.75) is 34.6 Å². The molecule has 0 rings (SSSR count). The quantitative estimate of drug-likeness (QED) is 0.561. The van der Waals surface area contributed by atoms with Gasteiger partial charge in [-0.15, -0.1) is 0 Å². The smallest absolute Gasteiger partial charge is 0.00625 e. The van der Waals surface area contributed by atoms with Gasteiger partial charge in [0.15, 0.2) is 0 Å². The average molecular weight is 143 g/mol. The first-order valence-electron chi connectivity index (χ1n) is 3.91. The van der Waals surface area contributed by atoms with Crippen molar-refractivity contribution in [2.75, 3.05) is 0 Å². The van der Waals surface area contributed by atoms with E-state index in [1.807, 2.05) is 46.8 Å². The van der Waals surface area contributed by atoms with Gasteiger partial charge in [-0.2, -0.15) is 0 Å². The van der Waals surface area contributed by atoms with Crippen LogP contribution in [0.4, 0.5) is 0 Å². The zero-order valence-corrected chi connectivity index (χ0v) is 7.89. The Kier molecular flexibility index (Phi) is 65.8. The van der Waals surface area contributed by atoms with Gasteiger partial charge in [0.05, 0.1) is 0 Å². The molecule has 1 nitrogen and oxygen atoms in total. The zero-order valence-electron chi connectivity index (χ0n) is 7.89. The number of allylic oxidation sites excluding steroid dienone is 3. The van der Waals surface area contributed by atoms with Gasteiger partial charge >= 0.3 is 0 Å². The molecule has 0 atom stereocenters. The first-order chi connectivity index (χ1) is 4.91. The topological polar surface area (TPSA) is 26.0 Å². The summed E-state index contributed by atoms with van der Waals surface area (Å²) in [6, 6.07) is 0. The predicted molar refractivity (Wildman–Crippen MR) is 50.8 cm³/mol. The third kappa shape index (κ3) is 55.2. The lowest BCUT2D eigenvalue weighted by Crippen LogP contribution is -1.71. The number of rotatable bonds is 1. The van der Waals surface area contributed by atoms with Crippen molar-refractivity contribution < 1.29 is 0 Å². The van der Waals surface area contributed by atoms with Crippen LogP contribution in [-0.2, 0) is 0 Å². The predicted octanol–water partition coefficient (Wildman–Crippen LogP) is 3.09. The highest BCUT2D eigenvalue weighted by atomic mass is 14.5. The van der Waals surface area contributed by atoms with Crippen LogP contribution in [-0.4, -0.2) is 0 Å². The Hall–Kier alpha value is -0.720. The Morgan fingerprint density at radius 2 is 1.30 bits per heavy atom. The highest BCUT2D eigenvalue weighted by Gasteiger charge is 1.48. The van der Waals surface area contributed by atoms with Gasteiger partial charge in [0.25, 0.3) is 0 Å². The van der Waals surface area contributed by atoms with E-state index >= 15 is 0 Å². The number of nitrogens with two attached hydrogens (primary N) is 1. The molecule has 0 aromatic heterocycles. The van der Waals surface area contributed by atoms with Crippen LogP contribution in [0.3, 0.4) is 0 Å². The van der Waals surface area contributed by atoms with Crippen LogP contribution < -0.4 is 5.73 Å². The molecule has 0 radical (unpaired) electrons. The number of hydrogen-bond donors (Lipinski definition) is 1. The van der Waals surface area contributed by atoms with Crippen LogP contribution in [0.1, 0.15) is 34.6 Å². The van der Waals surface area contributed by atoms with Gasteiger partial charge in [0.2, 0.25) is 0 Å². The van der Waals surface area contributed by atoms with E-state index in [9.17, 15) is 0 Å². The van der Waals surface area contributed by atoms with Crippen LogP contribution in [0, 0.1) is 0 Å². The van der Waals surface area contributed by atoms with E-state index in [4.69, 9.17) is 5.73 Å². The second kappa shape index (κ2) is 40.8. The van der Waals surface area contributed by atoms with Crippen molar-refractivity contribution in [3.8, 4) is 0 Å². The lowest BCUT2D eigenvalue weighted by molar-refractivity contribution is 1.50. The van der Waals surface area contributed by atoms with E-state index in [1.54, 1.807) is 6.08 Å². The number of hydrogen-bond acceptors (Lipinski definition) is 1. The maximum atomic E-state index is 4.98. The molecule has 0 saturated heterocycles. The first-order valence-corrected chi connectivity index (χ1v) is 3.91. The monoisotopic (exact) mass is 143 g/mol. The summed E-state index contributed by atoms with van der Waals surface area (Å²) in [7, 11) is 0. The lowest BCUT2D eigenvalue weighted by Gasteiger charge is -1.63. The summed E-state index contributed by atoms with van der Waals surface area (Å²) in [4.78, 5) is 0. The summed E-state index contributed by atoms with van der Waals surface area (Å²) in [5.41, 5.74) is 4.98. The summed E-state index contributed by atoms with van der Waals surface area (Å²) in [5, 5.41) is 0. The SMILES string of the molecule is C/C=C\C=C/N.CC.CC. The minimum atomic E-state index is 1.50. The normalized spacial score (nSPS) is 8.10. The van der Waals surface area contributed by atoms with Crippen molar-refractivity contribution in [1.82, 2.24) is 0 Å². The molecule has 0 spiro atoms. The van der Waals surface area contributed by atoms with E-state index in [1.165, 1.54) is 6.20 Å². The molecule has 0 heterocycles. The minimum Gasteiger partial charge on any atom is -0.405 e. The van der Waals surface area contributed by atoms with Crippen molar-refractivity contribution in [3.63, 3.8) is 0 Å². The molecule has 0 saturated carbocycles. The molecule has 0 aliphatic carbocycles. The van der Waals surface area contributed by atoms with E-state index in [0.29, 0.717) is 0 Å². The molecule has 0 bridgehead atoms. The summed E-state index contributed by atoms with van der Waals surface area (Å²) in [5.74, 6) is 0. The molecule has 0 aromatic rings. The zero-order chi connectivity index (χ0) is 8.83. The van der Waals surface area contributed by atoms with Crippen LogP contribution in [0.25, 0.3) is 0 Å². The Balaban J connectivity index is -0.000000105. The molecule has 0 aliphatic rings. The van der Waals surface area contributed by atoms with E-state index in [-0.39, 0.29) is 0 Å². The van der Waals surface area contributed by atoms with Crippen LogP contribution in [0.15, 0.2) is 24.4 Å². The van der Waals surface area contributed by atoms with Gasteiger partial charge < -0.3 is 5.73 Å². The van der Waals surface area contributed by atoms with E-state index in [0.717, 1.165) is 0 Å². The van der Waals surface area contributed by atoms with Crippen LogP contribution in [0.2, 0.25) is 0 Å². The molecule has 10 heavy (non-hydrogen) atoms.